The number of aliphatic carboxylic acids is 1. The Kier molecular flexibility index (Phi) is 3.76. The zero-order valence-electron chi connectivity index (χ0n) is 11.4. The third kappa shape index (κ3) is 2.80. The highest BCUT2D eigenvalue weighted by Gasteiger charge is 2.32. The number of aryl methyl sites for hydroxylation is 1. The first-order valence-corrected chi connectivity index (χ1v) is 6.91. The normalized spacial score (nSPS) is 11.4. The van der Waals surface area contributed by atoms with E-state index in [1.165, 1.54) is 23.5 Å². The van der Waals surface area contributed by atoms with Crippen molar-refractivity contribution in [3.05, 3.63) is 40.7 Å². The van der Waals surface area contributed by atoms with E-state index in [-0.39, 0.29) is 5.82 Å². The molecule has 1 aromatic heterocycles. The number of aromatic nitrogens is 1. The summed E-state index contributed by atoms with van der Waals surface area (Å²) < 4.78 is 13.0. The molecule has 0 saturated heterocycles. The van der Waals surface area contributed by atoms with E-state index in [0.717, 1.165) is 11.3 Å². The van der Waals surface area contributed by atoms with Gasteiger partial charge in [-0.3, -0.25) is 4.79 Å². The largest absolute Gasteiger partial charge is 0.481 e. The van der Waals surface area contributed by atoms with Crippen LogP contribution in [0.25, 0.3) is 0 Å². The zero-order valence-corrected chi connectivity index (χ0v) is 12.2. The molecular weight excluding hydrogens is 279 g/mol. The highest BCUT2D eigenvalue weighted by Crippen LogP contribution is 2.29. The number of hydrogen-bond donors (Lipinski definition) is 2. The molecular formula is C14H15FN2O2S. The van der Waals surface area contributed by atoms with Gasteiger partial charge in [0.1, 0.15) is 11.2 Å². The number of rotatable bonds is 4. The van der Waals surface area contributed by atoms with Crippen molar-refractivity contribution >= 4 is 28.1 Å². The van der Waals surface area contributed by atoms with Crippen LogP contribution >= 0.6 is 11.3 Å². The smallest absolute Gasteiger partial charge is 0.315 e. The summed E-state index contributed by atoms with van der Waals surface area (Å²) in [7, 11) is 0. The maximum atomic E-state index is 13.0. The van der Waals surface area contributed by atoms with Crippen LogP contribution in [0.2, 0.25) is 0 Å². The molecule has 1 heterocycles. The summed E-state index contributed by atoms with van der Waals surface area (Å²) in [6.45, 7) is 5.01. The summed E-state index contributed by atoms with van der Waals surface area (Å²) in [5.41, 5.74) is 0.978. The number of thiazole rings is 1. The van der Waals surface area contributed by atoms with E-state index < -0.39 is 11.4 Å². The number of carbonyl (C=O) groups is 1. The Morgan fingerprint density at radius 2 is 2.15 bits per heavy atom. The van der Waals surface area contributed by atoms with Gasteiger partial charge < -0.3 is 10.4 Å². The molecule has 2 aromatic rings. The van der Waals surface area contributed by atoms with Crippen LogP contribution in [0.15, 0.2) is 23.6 Å². The number of hydrogen-bond acceptors (Lipinski definition) is 4. The van der Waals surface area contributed by atoms with Crippen LogP contribution in [0.4, 0.5) is 15.2 Å². The second-order valence-electron chi connectivity index (χ2n) is 5.05. The molecule has 0 fully saturated rings. The van der Waals surface area contributed by atoms with Gasteiger partial charge in [-0.2, -0.15) is 0 Å². The quantitative estimate of drug-likeness (QED) is 0.902. The van der Waals surface area contributed by atoms with Gasteiger partial charge in [0, 0.05) is 11.1 Å². The van der Waals surface area contributed by atoms with Gasteiger partial charge in [0.05, 0.1) is 5.69 Å². The molecule has 0 aliphatic carbocycles. The first kappa shape index (κ1) is 14.5. The Morgan fingerprint density at radius 1 is 1.45 bits per heavy atom. The summed E-state index contributed by atoms with van der Waals surface area (Å²) in [5.74, 6) is -1.22. The fourth-order valence-electron chi connectivity index (χ4n) is 1.61. The van der Waals surface area contributed by atoms with E-state index in [1.54, 1.807) is 32.2 Å². The Morgan fingerprint density at radius 3 is 2.75 bits per heavy atom. The predicted molar refractivity (Wildman–Crippen MR) is 77.2 cm³/mol. The number of carboxylic acid groups (broad SMARTS) is 1. The minimum absolute atomic E-state index is 0.292. The molecule has 2 rings (SSSR count). The lowest BCUT2D eigenvalue weighted by atomic mass is 9.90. The van der Waals surface area contributed by atoms with Gasteiger partial charge in [-0.15, -0.1) is 11.3 Å². The molecule has 1 aromatic carbocycles. The van der Waals surface area contributed by atoms with Gasteiger partial charge in [0.15, 0.2) is 5.13 Å². The molecule has 0 amide bonds. The molecule has 0 unspecified atom stereocenters. The second kappa shape index (κ2) is 5.20. The molecule has 106 valence electrons. The molecule has 4 nitrogen and oxygen atoms in total. The number of carboxylic acids is 1. The van der Waals surface area contributed by atoms with Gasteiger partial charge in [-0.05, 0) is 44.5 Å². The van der Waals surface area contributed by atoms with E-state index in [0.29, 0.717) is 10.8 Å². The number of anilines is 2. The van der Waals surface area contributed by atoms with Crippen molar-refractivity contribution in [2.75, 3.05) is 5.32 Å². The zero-order chi connectivity index (χ0) is 14.9. The van der Waals surface area contributed by atoms with Crippen LogP contribution in [0.3, 0.4) is 0 Å². The van der Waals surface area contributed by atoms with Crippen LogP contribution in [0.5, 0.6) is 0 Å². The number of benzene rings is 1. The lowest BCUT2D eigenvalue weighted by Crippen LogP contribution is -2.28. The van der Waals surface area contributed by atoms with E-state index in [1.807, 2.05) is 0 Å². The summed E-state index contributed by atoms with van der Waals surface area (Å²) >= 11 is 1.32. The average Bonchev–Trinajstić information content (AvgIpc) is 2.81. The van der Waals surface area contributed by atoms with Crippen LogP contribution < -0.4 is 5.32 Å². The van der Waals surface area contributed by atoms with Crippen LogP contribution in [0.1, 0.15) is 25.1 Å². The maximum Gasteiger partial charge on any atom is 0.315 e. The van der Waals surface area contributed by atoms with Crippen molar-refractivity contribution in [2.45, 2.75) is 26.2 Å². The summed E-state index contributed by atoms with van der Waals surface area (Å²) in [6, 6.07) is 4.43. The highest BCUT2D eigenvalue weighted by atomic mass is 32.1. The molecule has 0 radical (unpaired) electrons. The van der Waals surface area contributed by atoms with Crippen molar-refractivity contribution in [1.82, 2.24) is 4.98 Å². The number of halogens is 1. The first-order chi connectivity index (χ1) is 9.30. The first-order valence-electron chi connectivity index (χ1n) is 6.03. The van der Waals surface area contributed by atoms with Gasteiger partial charge in [0.2, 0.25) is 0 Å². The fraction of sp³-hybridized carbons (Fsp3) is 0.286. The monoisotopic (exact) mass is 294 g/mol. The molecule has 0 saturated carbocycles. The molecule has 20 heavy (non-hydrogen) atoms. The van der Waals surface area contributed by atoms with Crippen molar-refractivity contribution in [3.63, 3.8) is 0 Å². The van der Waals surface area contributed by atoms with Crippen LogP contribution in [-0.4, -0.2) is 16.1 Å². The average molecular weight is 294 g/mol. The standard InChI is InChI=1S/C14H15FN2O2S/c1-8-6-9(15)4-5-10(8)16-13-17-11(7-20-13)14(2,3)12(18)19/h4-7H,1-3H3,(H,16,17)(H,18,19). The number of nitrogens with zero attached hydrogens (tertiary/aromatic N) is 1. The molecule has 0 bridgehead atoms. The Hall–Kier alpha value is -1.95. The summed E-state index contributed by atoms with van der Waals surface area (Å²) in [6.07, 6.45) is 0. The van der Waals surface area contributed by atoms with Gasteiger partial charge in [0.25, 0.3) is 0 Å². The van der Waals surface area contributed by atoms with Gasteiger partial charge in [-0.1, -0.05) is 0 Å². The van der Waals surface area contributed by atoms with Crippen molar-refractivity contribution in [2.24, 2.45) is 0 Å². The third-order valence-electron chi connectivity index (χ3n) is 3.11. The second-order valence-corrected chi connectivity index (χ2v) is 5.91. The Bertz CT molecular complexity index is 652. The molecule has 0 aliphatic heterocycles. The minimum atomic E-state index is -1.03. The van der Waals surface area contributed by atoms with Gasteiger partial charge in [-0.25, -0.2) is 9.37 Å². The Labute approximate surface area is 120 Å². The molecule has 0 atom stereocenters. The molecule has 0 spiro atoms. The van der Waals surface area contributed by atoms with Crippen molar-refractivity contribution < 1.29 is 14.3 Å². The number of nitrogens with one attached hydrogen (secondary N) is 1. The molecule has 0 aliphatic rings. The summed E-state index contributed by atoms with van der Waals surface area (Å²) in [5, 5.41) is 14.6. The highest BCUT2D eigenvalue weighted by molar-refractivity contribution is 7.13. The van der Waals surface area contributed by atoms with E-state index in [4.69, 9.17) is 0 Å². The lowest BCUT2D eigenvalue weighted by Gasteiger charge is -2.15. The van der Waals surface area contributed by atoms with Crippen molar-refractivity contribution in [3.8, 4) is 0 Å². The van der Waals surface area contributed by atoms with Crippen LogP contribution in [-0.2, 0) is 10.2 Å². The van der Waals surface area contributed by atoms with E-state index in [2.05, 4.69) is 10.3 Å². The molecule has 2 N–H and O–H groups in total. The fourth-order valence-corrected chi connectivity index (χ4v) is 2.50. The SMILES string of the molecule is Cc1cc(F)ccc1Nc1nc(C(C)(C)C(=O)O)cs1. The minimum Gasteiger partial charge on any atom is -0.481 e. The lowest BCUT2D eigenvalue weighted by molar-refractivity contribution is -0.142. The van der Waals surface area contributed by atoms with Crippen LogP contribution in [0, 0.1) is 12.7 Å². The molecule has 6 heteroatoms. The summed E-state index contributed by atoms with van der Waals surface area (Å²) in [4.78, 5) is 15.5. The van der Waals surface area contributed by atoms with Crippen molar-refractivity contribution in [1.29, 1.82) is 0 Å². The third-order valence-corrected chi connectivity index (χ3v) is 3.87. The van der Waals surface area contributed by atoms with Gasteiger partial charge >= 0.3 is 5.97 Å². The van der Waals surface area contributed by atoms with E-state index in [9.17, 15) is 14.3 Å². The topological polar surface area (TPSA) is 62.2 Å². The maximum absolute atomic E-state index is 13.0. The predicted octanol–water partition coefficient (Wildman–Crippen LogP) is 3.70. The van der Waals surface area contributed by atoms with E-state index >= 15 is 0 Å². The Balaban J connectivity index is 2.24.